The Morgan fingerprint density at radius 2 is 2.00 bits per heavy atom. The fraction of sp³-hybridized carbons (Fsp3) is 0.154. The molecular weight excluding hydrogens is 230 g/mol. The highest BCUT2D eigenvalue weighted by Gasteiger charge is 2.05. The van der Waals surface area contributed by atoms with Crippen LogP contribution in [-0.4, -0.2) is 27.6 Å². The van der Waals surface area contributed by atoms with E-state index in [-0.39, 0.29) is 6.54 Å². The number of hydrogen-bond acceptors (Lipinski definition) is 4. The van der Waals surface area contributed by atoms with E-state index in [2.05, 4.69) is 15.3 Å². The van der Waals surface area contributed by atoms with Crippen LogP contribution < -0.4 is 5.32 Å². The number of nitrogens with one attached hydrogen (secondary N) is 1. The zero-order valence-electron chi connectivity index (χ0n) is 9.92. The Hall–Kier alpha value is -2.43. The van der Waals surface area contributed by atoms with Crippen molar-refractivity contribution in [3.63, 3.8) is 0 Å². The van der Waals surface area contributed by atoms with Crippen molar-refractivity contribution in [3.8, 4) is 11.4 Å². The van der Waals surface area contributed by atoms with E-state index in [1.807, 2.05) is 37.3 Å². The summed E-state index contributed by atoms with van der Waals surface area (Å²) in [6.45, 7) is 1.69. The molecule has 0 saturated carbocycles. The Morgan fingerprint density at radius 3 is 2.67 bits per heavy atom. The van der Waals surface area contributed by atoms with Gasteiger partial charge in [0.2, 0.25) is 0 Å². The smallest absolute Gasteiger partial charge is 0.322 e. The lowest BCUT2D eigenvalue weighted by atomic mass is 10.2. The lowest BCUT2D eigenvalue weighted by Gasteiger charge is -2.06. The van der Waals surface area contributed by atoms with Gasteiger partial charge in [0.1, 0.15) is 12.4 Å². The van der Waals surface area contributed by atoms with Gasteiger partial charge in [0.05, 0.1) is 0 Å². The van der Waals surface area contributed by atoms with Gasteiger partial charge in [-0.15, -0.1) is 0 Å². The van der Waals surface area contributed by atoms with E-state index in [1.165, 1.54) is 0 Å². The molecule has 1 aromatic heterocycles. The van der Waals surface area contributed by atoms with Crippen molar-refractivity contribution < 1.29 is 9.90 Å². The van der Waals surface area contributed by atoms with Crippen molar-refractivity contribution >= 4 is 11.8 Å². The Morgan fingerprint density at radius 1 is 1.28 bits per heavy atom. The maximum absolute atomic E-state index is 10.5. The first-order valence-corrected chi connectivity index (χ1v) is 5.52. The third-order valence-electron chi connectivity index (χ3n) is 2.31. The van der Waals surface area contributed by atoms with Gasteiger partial charge in [-0.3, -0.25) is 4.79 Å². The fourth-order valence-corrected chi connectivity index (χ4v) is 1.54. The van der Waals surface area contributed by atoms with Crippen LogP contribution in [0.4, 0.5) is 5.82 Å². The Bertz CT molecular complexity index is 555. The van der Waals surface area contributed by atoms with Crippen molar-refractivity contribution in [2.45, 2.75) is 6.92 Å². The number of aliphatic carboxylic acids is 1. The number of carboxylic acids is 1. The van der Waals surface area contributed by atoms with Crippen LogP contribution in [0, 0.1) is 6.92 Å². The SMILES string of the molecule is Cc1cc(NCC(=O)O)nc(-c2ccccc2)n1. The number of anilines is 1. The summed E-state index contributed by atoms with van der Waals surface area (Å²) in [6, 6.07) is 11.3. The molecule has 0 fully saturated rings. The van der Waals surface area contributed by atoms with E-state index in [9.17, 15) is 4.79 Å². The summed E-state index contributed by atoms with van der Waals surface area (Å²) < 4.78 is 0. The minimum Gasteiger partial charge on any atom is -0.480 e. The predicted molar refractivity (Wildman–Crippen MR) is 68.3 cm³/mol. The summed E-state index contributed by atoms with van der Waals surface area (Å²) in [4.78, 5) is 19.1. The second-order valence-electron chi connectivity index (χ2n) is 3.83. The standard InChI is InChI=1S/C13H13N3O2/c1-9-7-11(14-8-12(17)18)16-13(15-9)10-5-3-2-4-6-10/h2-7H,8H2,1H3,(H,17,18)(H,14,15,16). The number of aryl methyl sites for hydroxylation is 1. The number of nitrogens with zero attached hydrogens (tertiary/aromatic N) is 2. The van der Waals surface area contributed by atoms with Crippen LogP contribution in [0.15, 0.2) is 36.4 Å². The highest BCUT2D eigenvalue weighted by Crippen LogP contribution is 2.17. The van der Waals surface area contributed by atoms with Crippen molar-refractivity contribution in [2.75, 3.05) is 11.9 Å². The lowest BCUT2D eigenvalue weighted by molar-refractivity contribution is -0.134. The van der Waals surface area contributed by atoms with Gasteiger partial charge in [-0.2, -0.15) is 0 Å². The van der Waals surface area contributed by atoms with E-state index in [0.29, 0.717) is 11.6 Å². The van der Waals surface area contributed by atoms with Crippen LogP contribution in [0.3, 0.4) is 0 Å². The first kappa shape index (κ1) is 12.0. The molecule has 0 bridgehead atoms. The van der Waals surface area contributed by atoms with Gasteiger partial charge in [0, 0.05) is 17.3 Å². The minimum absolute atomic E-state index is 0.162. The molecule has 18 heavy (non-hydrogen) atoms. The van der Waals surface area contributed by atoms with Gasteiger partial charge in [-0.25, -0.2) is 9.97 Å². The van der Waals surface area contributed by atoms with E-state index < -0.39 is 5.97 Å². The average Bonchev–Trinajstić information content (AvgIpc) is 2.37. The topological polar surface area (TPSA) is 75.1 Å². The summed E-state index contributed by atoms with van der Waals surface area (Å²) in [5.41, 5.74) is 1.69. The number of aromatic nitrogens is 2. The van der Waals surface area contributed by atoms with Gasteiger partial charge in [0.15, 0.2) is 5.82 Å². The third kappa shape index (κ3) is 3.04. The van der Waals surface area contributed by atoms with E-state index in [4.69, 9.17) is 5.11 Å². The second-order valence-corrected chi connectivity index (χ2v) is 3.83. The van der Waals surface area contributed by atoms with Crippen LogP contribution >= 0.6 is 0 Å². The summed E-state index contributed by atoms with van der Waals surface area (Å²) in [5, 5.41) is 11.4. The molecule has 0 saturated heterocycles. The third-order valence-corrected chi connectivity index (χ3v) is 2.31. The minimum atomic E-state index is -0.924. The van der Waals surface area contributed by atoms with Gasteiger partial charge >= 0.3 is 5.97 Å². The quantitative estimate of drug-likeness (QED) is 0.858. The molecule has 5 nitrogen and oxygen atoms in total. The van der Waals surface area contributed by atoms with Crippen LogP contribution in [-0.2, 0) is 4.79 Å². The van der Waals surface area contributed by atoms with Gasteiger partial charge in [-0.1, -0.05) is 30.3 Å². The van der Waals surface area contributed by atoms with E-state index >= 15 is 0 Å². The molecule has 0 aliphatic rings. The molecular formula is C13H13N3O2. The largest absolute Gasteiger partial charge is 0.480 e. The summed E-state index contributed by atoms with van der Waals surface area (Å²) >= 11 is 0. The molecule has 1 heterocycles. The van der Waals surface area contributed by atoms with Crippen molar-refractivity contribution in [2.24, 2.45) is 0 Å². The maximum Gasteiger partial charge on any atom is 0.322 e. The predicted octanol–water partition coefficient (Wildman–Crippen LogP) is 1.95. The summed E-state index contributed by atoms with van der Waals surface area (Å²) in [5.74, 6) is 0.180. The molecule has 2 rings (SSSR count). The molecule has 0 spiro atoms. The molecule has 1 aromatic carbocycles. The Labute approximate surface area is 105 Å². The monoisotopic (exact) mass is 243 g/mol. The normalized spacial score (nSPS) is 10.1. The maximum atomic E-state index is 10.5. The first-order chi connectivity index (χ1) is 8.65. The van der Waals surface area contributed by atoms with Crippen molar-refractivity contribution in [1.82, 2.24) is 9.97 Å². The molecule has 0 aliphatic carbocycles. The second kappa shape index (κ2) is 5.27. The molecule has 5 heteroatoms. The van der Waals surface area contributed by atoms with Crippen LogP contribution in [0.25, 0.3) is 11.4 Å². The van der Waals surface area contributed by atoms with Gasteiger partial charge < -0.3 is 10.4 Å². The Kier molecular flexibility index (Phi) is 3.52. The van der Waals surface area contributed by atoms with Crippen LogP contribution in [0.5, 0.6) is 0 Å². The van der Waals surface area contributed by atoms with Gasteiger partial charge in [0.25, 0.3) is 0 Å². The number of carboxylic acid groups (broad SMARTS) is 1. The van der Waals surface area contributed by atoms with Crippen molar-refractivity contribution in [1.29, 1.82) is 0 Å². The highest BCUT2D eigenvalue weighted by molar-refractivity contribution is 5.72. The van der Waals surface area contributed by atoms with Crippen molar-refractivity contribution in [3.05, 3.63) is 42.1 Å². The van der Waals surface area contributed by atoms with Crippen LogP contribution in [0.1, 0.15) is 5.69 Å². The molecule has 2 N–H and O–H groups in total. The van der Waals surface area contributed by atoms with Crippen LogP contribution in [0.2, 0.25) is 0 Å². The fourth-order valence-electron chi connectivity index (χ4n) is 1.54. The first-order valence-electron chi connectivity index (χ1n) is 5.52. The molecule has 0 aliphatic heterocycles. The number of rotatable bonds is 4. The highest BCUT2D eigenvalue weighted by atomic mass is 16.4. The molecule has 2 aromatic rings. The number of hydrogen-bond donors (Lipinski definition) is 2. The summed E-state index contributed by atoms with van der Waals surface area (Å²) in [7, 11) is 0. The molecule has 0 unspecified atom stereocenters. The lowest BCUT2D eigenvalue weighted by Crippen LogP contribution is -2.13. The average molecular weight is 243 g/mol. The zero-order chi connectivity index (χ0) is 13.0. The molecule has 0 amide bonds. The van der Waals surface area contributed by atoms with Gasteiger partial charge in [-0.05, 0) is 6.92 Å². The molecule has 0 atom stereocenters. The van der Waals surface area contributed by atoms with E-state index in [1.54, 1.807) is 6.07 Å². The molecule has 0 radical (unpaired) electrons. The molecule has 92 valence electrons. The van der Waals surface area contributed by atoms with E-state index in [0.717, 1.165) is 11.3 Å². The number of carbonyl (C=O) groups is 1. The Balaban J connectivity index is 2.29. The number of benzene rings is 1. The zero-order valence-corrected chi connectivity index (χ0v) is 9.92. The summed E-state index contributed by atoms with van der Waals surface area (Å²) in [6.07, 6.45) is 0.